The number of pyridine rings is 1. The summed E-state index contributed by atoms with van der Waals surface area (Å²) in [5.41, 5.74) is 17.6. The van der Waals surface area contributed by atoms with Gasteiger partial charge in [-0.25, -0.2) is 4.98 Å². The smallest absolute Gasteiger partial charge is 0.151 e. The normalized spacial score (nSPS) is 15.2. The van der Waals surface area contributed by atoms with Crippen LogP contribution in [0.4, 0.5) is 39.8 Å². The number of ether oxygens (including phenoxy) is 2. The zero-order valence-corrected chi connectivity index (χ0v) is 43.4. The summed E-state index contributed by atoms with van der Waals surface area (Å²) in [6.07, 6.45) is 1.91. The number of anilines is 7. The van der Waals surface area contributed by atoms with Crippen LogP contribution in [-0.4, -0.2) is 9.55 Å². The molecule has 7 nitrogen and oxygen atoms in total. The van der Waals surface area contributed by atoms with Crippen molar-refractivity contribution < 1.29 is 30.5 Å². The fourth-order valence-corrected chi connectivity index (χ4v) is 11.7. The molecule has 0 N–H and O–H groups in total. The van der Waals surface area contributed by atoms with Gasteiger partial charge in [0.05, 0.1) is 17.1 Å². The fourth-order valence-electron chi connectivity index (χ4n) is 11.7. The molecule has 0 radical (unpaired) electrons. The Hall–Kier alpha value is -7.60. The Morgan fingerprint density at radius 1 is 0.569 bits per heavy atom. The van der Waals surface area contributed by atoms with Crippen molar-refractivity contribution in [2.45, 2.75) is 64.7 Å². The summed E-state index contributed by atoms with van der Waals surface area (Å²) in [6, 6.07) is 65.6. The molecule has 8 aromatic carbocycles. The molecule has 4 aliphatic rings. The number of para-hydroxylation sites is 4. The second-order valence-corrected chi connectivity index (χ2v) is 21.4. The standard InChI is InChI=1S/C64H50N5O2.Pt/c1-62(2,3)41-30-31-65-58(33-41)68-52-29-26-40(39-16-9-8-10-17-39)32-47(52)46-28-27-45(37-55(46)68)70-44-19-13-18-42(34-44)66-38-67(54-23-12-11-22-53(54)66)43-35-50-59-51(36-43)64(6,7)49-21-15-25-57-61(49)69(59)60-48(63(50,4)5)20-14-24-56(60)71-57;/h8-33,35-36,38H,1-7H3;/q-3;. The van der Waals surface area contributed by atoms with Gasteiger partial charge in [-0.2, -0.15) is 12.1 Å². The van der Waals surface area contributed by atoms with Gasteiger partial charge in [-0.05, 0) is 104 Å². The minimum Gasteiger partial charge on any atom is -0.509 e. The number of aromatic nitrogens is 2. The van der Waals surface area contributed by atoms with Gasteiger partial charge in [0.25, 0.3) is 0 Å². The van der Waals surface area contributed by atoms with Crippen molar-refractivity contribution in [2.75, 3.05) is 14.7 Å². The summed E-state index contributed by atoms with van der Waals surface area (Å²) in [5, 5.41) is 2.20. The van der Waals surface area contributed by atoms with Crippen molar-refractivity contribution in [2.24, 2.45) is 0 Å². The zero-order valence-electron chi connectivity index (χ0n) is 41.1. The Bertz CT molecular complexity index is 3800. The molecule has 6 heterocycles. The molecule has 356 valence electrons. The van der Waals surface area contributed by atoms with E-state index >= 15 is 0 Å². The predicted octanol–water partition coefficient (Wildman–Crippen LogP) is 16.8. The Labute approximate surface area is 435 Å². The van der Waals surface area contributed by atoms with Gasteiger partial charge in [-0.1, -0.05) is 133 Å². The first kappa shape index (κ1) is 44.3. The van der Waals surface area contributed by atoms with Gasteiger partial charge in [0.1, 0.15) is 5.82 Å². The molecular weight excluding hydrogens is 1070 g/mol. The van der Waals surface area contributed by atoms with Gasteiger partial charge in [0.2, 0.25) is 0 Å². The maximum Gasteiger partial charge on any atom is 0.151 e. The minimum atomic E-state index is -0.310. The second-order valence-electron chi connectivity index (χ2n) is 21.4. The molecule has 72 heavy (non-hydrogen) atoms. The molecule has 0 fully saturated rings. The van der Waals surface area contributed by atoms with E-state index in [4.69, 9.17) is 14.5 Å². The average molecular weight is 1120 g/mol. The van der Waals surface area contributed by atoms with Crippen molar-refractivity contribution in [3.05, 3.63) is 217 Å². The molecule has 0 saturated heterocycles. The maximum atomic E-state index is 6.76. The van der Waals surface area contributed by atoms with Crippen LogP contribution in [0.3, 0.4) is 0 Å². The molecule has 0 unspecified atom stereocenters. The first-order valence-electron chi connectivity index (χ1n) is 24.5. The molecular formula is C64H50N5O2Pt-3. The van der Waals surface area contributed by atoms with Crippen LogP contribution in [0.25, 0.3) is 38.8 Å². The third-order valence-electron chi connectivity index (χ3n) is 15.4. The van der Waals surface area contributed by atoms with Crippen molar-refractivity contribution >= 4 is 61.6 Å². The summed E-state index contributed by atoms with van der Waals surface area (Å²) in [5.74, 6) is 3.83. The second kappa shape index (κ2) is 15.7. The molecule has 0 spiro atoms. The molecule has 8 heteroatoms. The van der Waals surface area contributed by atoms with Crippen LogP contribution in [0.5, 0.6) is 23.0 Å². The number of rotatable bonds is 6. The van der Waals surface area contributed by atoms with Crippen LogP contribution >= 0.6 is 0 Å². The predicted molar refractivity (Wildman–Crippen MR) is 287 cm³/mol. The largest absolute Gasteiger partial charge is 0.509 e. The van der Waals surface area contributed by atoms with Gasteiger partial charge < -0.3 is 28.7 Å². The monoisotopic (exact) mass is 1120 g/mol. The summed E-state index contributed by atoms with van der Waals surface area (Å²) in [7, 11) is 0. The molecule has 4 aliphatic heterocycles. The van der Waals surface area contributed by atoms with Crippen LogP contribution < -0.4 is 24.2 Å². The van der Waals surface area contributed by atoms with Crippen molar-refractivity contribution in [1.29, 1.82) is 0 Å². The topological polar surface area (TPSA) is 46.0 Å². The van der Waals surface area contributed by atoms with Gasteiger partial charge in [0.15, 0.2) is 11.5 Å². The SMILES string of the molecule is CC(C)(C)c1ccnc(-n2c3[c-]c(Oc4[c-]c(N5[CH-]N(c6cc7c8c(c6)C(C)(C)c6cccc9c6N8c6c(cccc6C7(C)C)O9)c6ccccc65)ccc4)ccc3c3cc(-c4ccccc4)ccc32)c1.[Pt]. The number of fused-ring (bicyclic) bond motifs is 4. The van der Waals surface area contributed by atoms with E-state index in [0.717, 1.165) is 78.8 Å². The first-order chi connectivity index (χ1) is 34.3. The molecule has 14 rings (SSSR count). The minimum absolute atomic E-state index is 0. The molecule has 0 bridgehead atoms. The van der Waals surface area contributed by atoms with Crippen LogP contribution in [0.2, 0.25) is 0 Å². The number of nitrogens with zero attached hydrogens (tertiary/aromatic N) is 5. The van der Waals surface area contributed by atoms with E-state index in [0.29, 0.717) is 11.5 Å². The molecule has 10 aromatic rings. The van der Waals surface area contributed by atoms with Gasteiger partial charge in [-0.3, -0.25) is 0 Å². The summed E-state index contributed by atoms with van der Waals surface area (Å²) in [6.45, 7) is 18.3. The van der Waals surface area contributed by atoms with E-state index in [1.165, 1.54) is 39.1 Å². The fraction of sp³-hybridized carbons (Fsp3) is 0.156. The van der Waals surface area contributed by atoms with Crippen LogP contribution in [0, 0.1) is 18.8 Å². The summed E-state index contributed by atoms with van der Waals surface area (Å²) >= 11 is 0. The molecule has 2 aromatic heterocycles. The molecule has 0 amide bonds. The van der Waals surface area contributed by atoms with Gasteiger partial charge in [0, 0.05) is 72.2 Å². The van der Waals surface area contributed by atoms with Crippen molar-refractivity contribution in [3.63, 3.8) is 0 Å². The van der Waals surface area contributed by atoms with E-state index in [1.54, 1.807) is 0 Å². The number of hydrogen-bond donors (Lipinski definition) is 0. The Morgan fingerprint density at radius 3 is 1.92 bits per heavy atom. The van der Waals surface area contributed by atoms with Crippen LogP contribution in [0.1, 0.15) is 76.3 Å². The third kappa shape index (κ3) is 6.42. The molecule has 0 saturated carbocycles. The summed E-state index contributed by atoms with van der Waals surface area (Å²) < 4.78 is 15.7. The zero-order chi connectivity index (χ0) is 48.1. The summed E-state index contributed by atoms with van der Waals surface area (Å²) in [4.78, 5) is 12.0. The van der Waals surface area contributed by atoms with E-state index in [9.17, 15) is 0 Å². The number of hydrogen-bond acceptors (Lipinski definition) is 6. The van der Waals surface area contributed by atoms with Crippen molar-refractivity contribution in [1.82, 2.24) is 9.55 Å². The first-order valence-corrected chi connectivity index (χ1v) is 24.5. The van der Waals surface area contributed by atoms with E-state index in [-0.39, 0.29) is 37.3 Å². The Balaban J connectivity index is 0.00000504. The third-order valence-corrected chi connectivity index (χ3v) is 15.4. The van der Waals surface area contributed by atoms with Gasteiger partial charge >= 0.3 is 0 Å². The maximum absolute atomic E-state index is 6.76. The molecule has 0 aliphatic carbocycles. The van der Waals surface area contributed by atoms with E-state index in [2.05, 4.69) is 232 Å². The van der Waals surface area contributed by atoms with Gasteiger partial charge in [-0.15, -0.1) is 48.1 Å². The quantitative estimate of drug-likeness (QED) is 0.155. The van der Waals surface area contributed by atoms with Crippen LogP contribution in [0.15, 0.2) is 170 Å². The van der Waals surface area contributed by atoms with Crippen LogP contribution in [-0.2, 0) is 37.3 Å². The Morgan fingerprint density at radius 2 is 1.22 bits per heavy atom. The molecule has 0 atom stereocenters. The Kier molecular flexibility index (Phi) is 9.67. The number of benzene rings is 8. The van der Waals surface area contributed by atoms with Crippen molar-refractivity contribution in [3.8, 4) is 39.9 Å². The van der Waals surface area contributed by atoms with E-state index < -0.39 is 0 Å². The van der Waals surface area contributed by atoms with E-state index in [1.807, 2.05) is 24.4 Å². The average Bonchev–Trinajstić information content (AvgIpc) is 3.93.